The Bertz CT molecular complexity index is 1170. The molecule has 0 aliphatic carbocycles. The summed E-state index contributed by atoms with van der Waals surface area (Å²) in [4.78, 5) is 29.5. The molecule has 0 aliphatic heterocycles. The molecule has 0 fully saturated rings. The van der Waals surface area contributed by atoms with Crippen LogP contribution in [-0.4, -0.2) is 48.6 Å². The lowest BCUT2D eigenvalue weighted by atomic mass is 9.92. The van der Waals surface area contributed by atoms with Crippen molar-refractivity contribution in [2.75, 3.05) is 20.5 Å². The number of carbonyl (C=O) groups is 2. The van der Waals surface area contributed by atoms with E-state index >= 15 is 0 Å². The van der Waals surface area contributed by atoms with Gasteiger partial charge in [0.05, 0.1) is 12.6 Å². The minimum absolute atomic E-state index is 0.0351. The summed E-state index contributed by atoms with van der Waals surface area (Å²) >= 11 is 5.97. The molecule has 2 atom stereocenters. The molecule has 9 heteroatoms. The van der Waals surface area contributed by atoms with Crippen LogP contribution in [0.3, 0.4) is 0 Å². The van der Waals surface area contributed by atoms with E-state index < -0.39 is 17.9 Å². The Morgan fingerprint density at radius 3 is 2.30 bits per heavy atom. The number of hydroxylamine groups is 1. The predicted octanol–water partition coefficient (Wildman–Crippen LogP) is 4.27. The number of pyridine rings is 1. The number of nitrogens with zero attached hydrogens (tertiary/aromatic N) is 1. The normalized spacial score (nSPS) is 12.4. The Morgan fingerprint density at radius 1 is 1.05 bits per heavy atom. The molecule has 37 heavy (non-hydrogen) atoms. The van der Waals surface area contributed by atoms with E-state index in [2.05, 4.69) is 16.9 Å². The molecule has 3 aromatic rings. The molecule has 194 valence electrons. The third-order valence-corrected chi connectivity index (χ3v) is 6.05. The van der Waals surface area contributed by atoms with Crippen LogP contribution < -0.4 is 10.8 Å². The van der Waals surface area contributed by atoms with Crippen molar-refractivity contribution in [3.05, 3.63) is 107 Å². The molecule has 0 radical (unpaired) electrons. The molecule has 0 saturated heterocycles. The second-order valence-electron chi connectivity index (χ2n) is 8.48. The molecule has 2 amide bonds. The molecule has 1 aromatic heterocycles. The summed E-state index contributed by atoms with van der Waals surface area (Å²) < 4.78 is 10.4. The molecule has 0 saturated carbocycles. The van der Waals surface area contributed by atoms with Gasteiger partial charge in [-0.3, -0.25) is 19.8 Å². The van der Waals surface area contributed by atoms with Crippen LogP contribution in [0.1, 0.15) is 33.5 Å². The van der Waals surface area contributed by atoms with Gasteiger partial charge in [0.1, 0.15) is 6.79 Å². The molecule has 8 nitrogen and oxygen atoms in total. The van der Waals surface area contributed by atoms with Gasteiger partial charge >= 0.3 is 0 Å². The van der Waals surface area contributed by atoms with E-state index in [4.69, 9.17) is 21.1 Å². The fourth-order valence-electron chi connectivity index (χ4n) is 3.87. The SMILES string of the molecule is C=C(c1ccc(Cl)cc1)c1ccc(C(=O)NC(COCOC)CC(Cc2cccnc2)C(=O)NO)cc1. The molecule has 3 N–H and O–H groups in total. The summed E-state index contributed by atoms with van der Waals surface area (Å²) in [7, 11) is 1.50. The number of hydrogen-bond acceptors (Lipinski definition) is 6. The van der Waals surface area contributed by atoms with Gasteiger partial charge in [-0.15, -0.1) is 0 Å². The van der Waals surface area contributed by atoms with Crippen LogP contribution in [0.25, 0.3) is 5.57 Å². The largest absolute Gasteiger partial charge is 0.359 e. The molecule has 1 heterocycles. The van der Waals surface area contributed by atoms with Gasteiger partial charge in [0.25, 0.3) is 5.91 Å². The Hall–Kier alpha value is -3.56. The second-order valence-corrected chi connectivity index (χ2v) is 8.92. The third-order valence-electron chi connectivity index (χ3n) is 5.80. The summed E-state index contributed by atoms with van der Waals surface area (Å²) in [6.07, 6.45) is 3.86. The van der Waals surface area contributed by atoms with Crippen LogP contribution in [0.15, 0.2) is 79.6 Å². The third kappa shape index (κ3) is 8.51. The van der Waals surface area contributed by atoms with Crippen LogP contribution in [0.2, 0.25) is 5.02 Å². The molecule has 0 spiro atoms. The summed E-state index contributed by atoms with van der Waals surface area (Å²) in [6.45, 7) is 4.30. The average Bonchev–Trinajstić information content (AvgIpc) is 2.93. The van der Waals surface area contributed by atoms with Gasteiger partial charge in [0, 0.05) is 36.0 Å². The van der Waals surface area contributed by atoms with Gasteiger partial charge in [0.2, 0.25) is 5.91 Å². The number of aromatic nitrogens is 1. The first-order valence-corrected chi connectivity index (χ1v) is 12.0. The smallest absolute Gasteiger partial charge is 0.251 e. The van der Waals surface area contributed by atoms with E-state index in [1.165, 1.54) is 7.11 Å². The maximum atomic E-state index is 13.1. The monoisotopic (exact) mass is 523 g/mol. The number of methoxy groups -OCH3 is 1. The maximum absolute atomic E-state index is 13.1. The number of carbonyl (C=O) groups excluding carboxylic acids is 2. The highest BCUT2D eigenvalue weighted by Gasteiger charge is 2.25. The fourth-order valence-corrected chi connectivity index (χ4v) is 4.00. The standard InChI is InChI=1S/C28H30ClN3O5/c1-19(22-9-11-25(29)12-10-22)21-5-7-23(8-6-21)27(33)31-26(17-37-18-36-2)15-24(28(34)32-35)14-20-4-3-13-30-16-20/h3-13,16,24,26,35H,1,14-15,17-18H2,2H3,(H,31,33)(H,32,34). The quantitative estimate of drug-likeness (QED) is 0.134. The molecule has 2 aromatic carbocycles. The number of rotatable bonds is 13. The summed E-state index contributed by atoms with van der Waals surface area (Å²) in [6, 6.07) is 17.6. The van der Waals surface area contributed by atoms with Crippen molar-refractivity contribution in [3.8, 4) is 0 Å². The van der Waals surface area contributed by atoms with Gasteiger partial charge in [-0.2, -0.15) is 0 Å². The van der Waals surface area contributed by atoms with Crippen molar-refractivity contribution in [1.29, 1.82) is 0 Å². The van der Waals surface area contributed by atoms with Gasteiger partial charge in [-0.25, -0.2) is 5.48 Å². The Morgan fingerprint density at radius 2 is 1.70 bits per heavy atom. The molecular weight excluding hydrogens is 494 g/mol. The molecule has 0 bridgehead atoms. The second kappa shape index (κ2) is 14.2. The van der Waals surface area contributed by atoms with Crippen molar-refractivity contribution >= 4 is 29.0 Å². The highest BCUT2D eigenvalue weighted by atomic mass is 35.5. The lowest BCUT2D eigenvalue weighted by Gasteiger charge is -2.23. The van der Waals surface area contributed by atoms with Crippen molar-refractivity contribution in [1.82, 2.24) is 15.8 Å². The van der Waals surface area contributed by atoms with E-state index in [0.29, 0.717) is 17.0 Å². The van der Waals surface area contributed by atoms with E-state index in [0.717, 1.165) is 22.3 Å². The van der Waals surface area contributed by atoms with Crippen LogP contribution in [0.4, 0.5) is 0 Å². The lowest BCUT2D eigenvalue weighted by Crippen LogP contribution is -2.42. The van der Waals surface area contributed by atoms with Crippen LogP contribution in [-0.2, 0) is 20.7 Å². The van der Waals surface area contributed by atoms with Crippen molar-refractivity contribution in [2.45, 2.75) is 18.9 Å². The van der Waals surface area contributed by atoms with Gasteiger partial charge in [-0.05, 0) is 65.4 Å². The van der Waals surface area contributed by atoms with E-state index in [1.54, 1.807) is 48.2 Å². The van der Waals surface area contributed by atoms with Gasteiger partial charge in [-0.1, -0.05) is 48.5 Å². The Kier molecular flexibility index (Phi) is 10.8. The fraction of sp³-hybridized carbons (Fsp3) is 0.250. The predicted molar refractivity (Wildman–Crippen MR) is 141 cm³/mol. The summed E-state index contributed by atoms with van der Waals surface area (Å²) in [5.74, 6) is -1.50. The topological polar surface area (TPSA) is 110 Å². The van der Waals surface area contributed by atoms with Crippen molar-refractivity contribution < 1.29 is 24.3 Å². The number of ether oxygens (including phenoxy) is 2. The minimum atomic E-state index is -0.629. The number of halogens is 1. The van der Waals surface area contributed by atoms with E-state index in [1.807, 2.05) is 30.3 Å². The van der Waals surface area contributed by atoms with Crippen LogP contribution in [0.5, 0.6) is 0 Å². The Balaban J connectivity index is 1.71. The summed E-state index contributed by atoms with van der Waals surface area (Å²) in [5.41, 5.74) is 5.60. The number of nitrogens with one attached hydrogen (secondary N) is 2. The summed E-state index contributed by atoms with van der Waals surface area (Å²) in [5, 5.41) is 12.9. The zero-order chi connectivity index (χ0) is 26.6. The first-order valence-electron chi connectivity index (χ1n) is 11.7. The van der Waals surface area contributed by atoms with Crippen molar-refractivity contribution in [3.63, 3.8) is 0 Å². The number of benzene rings is 2. The lowest BCUT2D eigenvalue weighted by molar-refractivity contribution is -0.134. The Labute approximate surface area is 221 Å². The van der Waals surface area contributed by atoms with Gasteiger partial charge < -0.3 is 14.8 Å². The zero-order valence-corrected chi connectivity index (χ0v) is 21.3. The van der Waals surface area contributed by atoms with Crippen LogP contribution in [0, 0.1) is 5.92 Å². The maximum Gasteiger partial charge on any atom is 0.251 e. The average molecular weight is 524 g/mol. The highest BCUT2D eigenvalue weighted by Crippen LogP contribution is 2.23. The van der Waals surface area contributed by atoms with Crippen molar-refractivity contribution in [2.24, 2.45) is 5.92 Å². The van der Waals surface area contributed by atoms with E-state index in [9.17, 15) is 14.8 Å². The first-order chi connectivity index (χ1) is 17.9. The number of amides is 2. The molecule has 0 aliphatic rings. The zero-order valence-electron chi connectivity index (χ0n) is 20.5. The molecular formula is C28H30ClN3O5. The highest BCUT2D eigenvalue weighted by molar-refractivity contribution is 6.30. The van der Waals surface area contributed by atoms with Crippen LogP contribution >= 0.6 is 11.6 Å². The minimum Gasteiger partial charge on any atom is -0.359 e. The van der Waals surface area contributed by atoms with E-state index in [-0.39, 0.29) is 25.7 Å². The molecule has 2 unspecified atom stereocenters. The van der Waals surface area contributed by atoms with Gasteiger partial charge in [0.15, 0.2) is 0 Å². The molecule has 3 rings (SSSR count). The number of hydrogen-bond donors (Lipinski definition) is 3. The first kappa shape index (κ1) is 28.0.